The Labute approximate surface area is 187 Å². The molecular weight excluding hydrogens is 468 g/mol. The minimum absolute atomic E-state index is 0.139. The highest BCUT2D eigenvalue weighted by Crippen LogP contribution is 2.21. The minimum atomic E-state index is -3.54. The third kappa shape index (κ3) is 6.18. The molecule has 1 aromatic heterocycles. The smallest absolute Gasteiger partial charge is 0.286 e. The predicted octanol–water partition coefficient (Wildman–Crippen LogP) is 4.40. The average Bonchev–Trinajstić information content (AvgIpc) is 3.19. The number of likely N-dealkylation sites (tertiary alicyclic amines) is 1. The second-order valence-electron chi connectivity index (χ2n) is 7.68. The quantitative estimate of drug-likeness (QED) is 0.520. The molecule has 1 aliphatic rings. The lowest BCUT2D eigenvalue weighted by atomic mass is 10.00. The second kappa shape index (κ2) is 10.6. The zero-order valence-electron chi connectivity index (χ0n) is 17.3. The van der Waals surface area contributed by atoms with Crippen molar-refractivity contribution in [1.29, 1.82) is 0 Å². The van der Waals surface area contributed by atoms with E-state index in [4.69, 9.17) is 4.42 Å². The van der Waals surface area contributed by atoms with Crippen LogP contribution in [-0.4, -0.2) is 44.9 Å². The molecule has 1 fully saturated rings. The molecule has 30 heavy (non-hydrogen) atoms. The fourth-order valence-electron chi connectivity index (χ4n) is 3.88. The number of carbonyl (C=O) groups is 1. The Morgan fingerprint density at radius 1 is 1.20 bits per heavy atom. The van der Waals surface area contributed by atoms with Crippen LogP contribution in [0.2, 0.25) is 0 Å². The monoisotopic (exact) mass is 496 g/mol. The van der Waals surface area contributed by atoms with Crippen LogP contribution in [0.15, 0.2) is 50.2 Å². The van der Waals surface area contributed by atoms with E-state index >= 15 is 0 Å². The van der Waals surface area contributed by atoms with E-state index in [-0.39, 0.29) is 28.1 Å². The van der Waals surface area contributed by atoms with Crippen molar-refractivity contribution >= 4 is 31.7 Å². The number of halogens is 1. The van der Waals surface area contributed by atoms with E-state index in [1.807, 2.05) is 0 Å². The Morgan fingerprint density at radius 3 is 2.70 bits per heavy atom. The van der Waals surface area contributed by atoms with Gasteiger partial charge in [-0.15, -0.1) is 0 Å². The van der Waals surface area contributed by atoms with Crippen LogP contribution in [0, 0.1) is 0 Å². The number of hydrogen-bond donors (Lipinski definition) is 1. The number of rotatable bonds is 9. The van der Waals surface area contributed by atoms with E-state index in [1.54, 1.807) is 30.3 Å². The van der Waals surface area contributed by atoms with Gasteiger partial charge in [-0.3, -0.25) is 4.79 Å². The summed E-state index contributed by atoms with van der Waals surface area (Å²) < 4.78 is 31.4. The van der Waals surface area contributed by atoms with Gasteiger partial charge in [-0.05, 0) is 68.6 Å². The Balaban J connectivity index is 1.48. The summed E-state index contributed by atoms with van der Waals surface area (Å²) in [5, 5.41) is 2.87. The number of sulfone groups is 1. The molecule has 1 unspecified atom stereocenters. The Bertz CT molecular complexity index is 940. The lowest BCUT2D eigenvalue weighted by Crippen LogP contribution is -2.40. The van der Waals surface area contributed by atoms with Crippen LogP contribution in [0.3, 0.4) is 0 Å². The molecule has 0 aliphatic carbocycles. The van der Waals surface area contributed by atoms with Gasteiger partial charge in [0.25, 0.3) is 5.91 Å². The summed E-state index contributed by atoms with van der Waals surface area (Å²) in [5.74, 6) is -0.203. The molecule has 1 atom stereocenters. The van der Waals surface area contributed by atoms with Gasteiger partial charge in [0.15, 0.2) is 15.6 Å². The van der Waals surface area contributed by atoms with Crippen molar-refractivity contribution in [3.63, 3.8) is 0 Å². The number of carbonyl (C=O) groups excluding carboxylic acids is 1. The fraction of sp³-hybridized carbons (Fsp3) is 0.500. The summed E-state index contributed by atoms with van der Waals surface area (Å²) in [6.45, 7) is 4.92. The maximum atomic E-state index is 12.5. The number of nitrogens with one attached hydrogen (secondary N) is 1. The second-order valence-corrected chi connectivity index (χ2v) is 10.6. The Kier molecular flexibility index (Phi) is 8.13. The van der Waals surface area contributed by atoms with Gasteiger partial charge in [-0.25, -0.2) is 8.42 Å². The number of nitrogens with zero attached hydrogens (tertiary/aromatic N) is 1. The minimum Gasteiger partial charge on any atom is -0.455 e. The molecule has 1 saturated heterocycles. The summed E-state index contributed by atoms with van der Waals surface area (Å²) in [6.07, 6.45) is 5.88. The van der Waals surface area contributed by atoms with Crippen LogP contribution < -0.4 is 5.32 Å². The van der Waals surface area contributed by atoms with Gasteiger partial charge in [0.2, 0.25) is 0 Å². The molecule has 1 amide bonds. The molecule has 1 aliphatic heterocycles. The molecule has 1 N–H and O–H groups in total. The predicted molar refractivity (Wildman–Crippen MR) is 120 cm³/mol. The van der Waals surface area contributed by atoms with E-state index in [1.165, 1.54) is 31.7 Å². The molecule has 1 aromatic carbocycles. The third-order valence-electron chi connectivity index (χ3n) is 5.52. The maximum absolute atomic E-state index is 12.5. The molecule has 8 heteroatoms. The first kappa shape index (κ1) is 23.0. The van der Waals surface area contributed by atoms with Crippen molar-refractivity contribution in [3.05, 3.63) is 52.4 Å². The van der Waals surface area contributed by atoms with E-state index < -0.39 is 9.84 Å². The zero-order valence-corrected chi connectivity index (χ0v) is 19.7. The summed E-state index contributed by atoms with van der Waals surface area (Å²) >= 11 is 3.29. The molecular formula is C22H29BrN2O4S. The van der Waals surface area contributed by atoms with Crippen LogP contribution in [0.5, 0.6) is 0 Å². The first-order chi connectivity index (χ1) is 14.4. The van der Waals surface area contributed by atoms with E-state index in [2.05, 4.69) is 33.1 Å². The van der Waals surface area contributed by atoms with Crippen molar-refractivity contribution in [2.75, 3.05) is 19.6 Å². The average molecular weight is 497 g/mol. The maximum Gasteiger partial charge on any atom is 0.286 e. The molecule has 164 valence electrons. The molecule has 0 spiro atoms. The summed E-state index contributed by atoms with van der Waals surface area (Å²) in [6, 6.07) is 10.2. The summed E-state index contributed by atoms with van der Waals surface area (Å²) in [7, 11) is -3.54. The van der Waals surface area contributed by atoms with Gasteiger partial charge in [0, 0.05) is 23.6 Å². The lowest BCUT2D eigenvalue weighted by molar-refractivity contribution is 0.0918. The largest absolute Gasteiger partial charge is 0.455 e. The summed E-state index contributed by atoms with van der Waals surface area (Å²) in [5.41, 5.74) is 0. The highest BCUT2D eigenvalue weighted by atomic mass is 79.9. The van der Waals surface area contributed by atoms with Crippen LogP contribution in [0.4, 0.5) is 0 Å². The zero-order chi connectivity index (χ0) is 21.6. The van der Waals surface area contributed by atoms with Crippen molar-refractivity contribution < 1.29 is 17.6 Å². The lowest BCUT2D eigenvalue weighted by Gasteiger charge is -2.35. The van der Waals surface area contributed by atoms with Crippen molar-refractivity contribution in [2.45, 2.75) is 55.7 Å². The van der Waals surface area contributed by atoms with Crippen LogP contribution in [-0.2, 0) is 15.6 Å². The molecule has 6 nitrogen and oxygen atoms in total. The fourth-order valence-corrected chi connectivity index (χ4v) is 5.39. The number of hydrogen-bond acceptors (Lipinski definition) is 5. The molecule has 2 heterocycles. The SMILES string of the molecule is CCC1CCCCN1CCCNC(=O)c1ccc(CS(=O)(=O)c2ccc(Br)cc2)o1. The highest BCUT2D eigenvalue weighted by molar-refractivity contribution is 9.10. The van der Waals surface area contributed by atoms with E-state index in [9.17, 15) is 13.2 Å². The van der Waals surface area contributed by atoms with Crippen molar-refractivity contribution in [2.24, 2.45) is 0 Å². The molecule has 0 radical (unpaired) electrons. The van der Waals surface area contributed by atoms with Crippen LogP contribution >= 0.6 is 15.9 Å². The highest BCUT2D eigenvalue weighted by Gasteiger charge is 2.21. The van der Waals surface area contributed by atoms with Gasteiger partial charge in [-0.1, -0.05) is 29.3 Å². The normalized spacial score (nSPS) is 17.7. The molecule has 3 rings (SSSR count). The number of benzene rings is 1. The first-order valence-corrected chi connectivity index (χ1v) is 12.9. The van der Waals surface area contributed by atoms with E-state index in [0.717, 1.165) is 24.0 Å². The van der Waals surface area contributed by atoms with Gasteiger partial charge in [-0.2, -0.15) is 0 Å². The van der Waals surface area contributed by atoms with Crippen molar-refractivity contribution in [3.8, 4) is 0 Å². The molecule has 2 aromatic rings. The first-order valence-electron chi connectivity index (χ1n) is 10.5. The van der Waals surface area contributed by atoms with Gasteiger partial charge < -0.3 is 14.6 Å². The Hall–Kier alpha value is -1.64. The number of piperidine rings is 1. The molecule has 0 saturated carbocycles. The van der Waals surface area contributed by atoms with Gasteiger partial charge >= 0.3 is 0 Å². The van der Waals surface area contributed by atoms with Crippen LogP contribution in [0.1, 0.15) is 55.3 Å². The summed E-state index contributed by atoms with van der Waals surface area (Å²) in [4.78, 5) is 15.1. The van der Waals surface area contributed by atoms with Crippen LogP contribution in [0.25, 0.3) is 0 Å². The third-order valence-corrected chi connectivity index (χ3v) is 7.70. The van der Waals surface area contributed by atoms with Gasteiger partial charge in [0.1, 0.15) is 11.5 Å². The Morgan fingerprint density at radius 2 is 1.97 bits per heavy atom. The number of furan rings is 1. The van der Waals surface area contributed by atoms with Gasteiger partial charge in [0.05, 0.1) is 4.90 Å². The van der Waals surface area contributed by atoms with Crippen molar-refractivity contribution in [1.82, 2.24) is 10.2 Å². The van der Waals surface area contributed by atoms with E-state index in [0.29, 0.717) is 12.6 Å². The molecule has 0 bridgehead atoms. The number of amides is 1. The topological polar surface area (TPSA) is 79.6 Å². The standard InChI is InChI=1S/C22H29BrN2O4S/c1-2-18-6-3-4-14-25(18)15-5-13-24-22(26)21-12-9-19(29-21)16-30(27,28)20-10-7-17(23)8-11-20/h7-12,18H,2-6,13-16H2,1H3,(H,24,26).